The van der Waals surface area contributed by atoms with Gasteiger partial charge in [-0.3, -0.25) is 4.79 Å². The second kappa shape index (κ2) is 10.3. The fourth-order valence-corrected chi connectivity index (χ4v) is 6.79. The van der Waals surface area contributed by atoms with E-state index in [-0.39, 0.29) is 24.1 Å². The number of ether oxygens (including phenoxy) is 1. The van der Waals surface area contributed by atoms with E-state index in [1.807, 2.05) is 36.0 Å². The highest BCUT2D eigenvalue weighted by molar-refractivity contribution is 7.98. The molecule has 0 radical (unpaired) electrons. The highest BCUT2D eigenvalue weighted by atomic mass is 32.2. The van der Waals surface area contributed by atoms with Crippen molar-refractivity contribution in [3.63, 3.8) is 0 Å². The van der Waals surface area contributed by atoms with E-state index in [2.05, 4.69) is 65.6 Å². The van der Waals surface area contributed by atoms with E-state index in [1.165, 1.54) is 21.2 Å². The van der Waals surface area contributed by atoms with Crippen molar-refractivity contribution in [3.05, 3.63) is 108 Å². The van der Waals surface area contributed by atoms with Crippen molar-refractivity contribution in [2.75, 3.05) is 0 Å². The Bertz CT molecular complexity index is 1460. The molecule has 6 rings (SSSR count). The summed E-state index contributed by atoms with van der Waals surface area (Å²) in [6.45, 7) is 0. The normalized spacial score (nSPS) is 20.5. The maximum absolute atomic E-state index is 13.5. The average Bonchev–Trinajstić information content (AvgIpc) is 3.21. The number of hydrogen-bond donors (Lipinski definition) is 0. The minimum absolute atomic E-state index is 0.0731. The zero-order valence-corrected chi connectivity index (χ0v) is 21.4. The summed E-state index contributed by atoms with van der Waals surface area (Å²) in [5.41, 5.74) is 2.58. The van der Waals surface area contributed by atoms with Crippen LogP contribution >= 0.6 is 11.8 Å². The van der Waals surface area contributed by atoms with Crippen LogP contribution < -0.4 is 4.74 Å². The van der Waals surface area contributed by atoms with E-state index in [9.17, 15) is 4.79 Å². The van der Waals surface area contributed by atoms with E-state index in [0.29, 0.717) is 5.56 Å². The Labute approximate surface area is 221 Å². The number of carbonyl (C=O) groups is 1. The zero-order chi connectivity index (χ0) is 25.2. The van der Waals surface area contributed by atoms with Crippen molar-refractivity contribution in [1.82, 2.24) is 4.90 Å². The molecule has 1 unspecified atom stereocenters. The van der Waals surface area contributed by atoms with Crippen LogP contribution in [0.2, 0.25) is 0 Å². The van der Waals surface area contributed by atoms with Crippen molar-refractivity contribution in [2.45, 2.75) is 54.5 Å². The number of thioether (sulfide) groups is 1. The summed E-state index contributed by atoms with van der Waals surface area (Å²) in [6, 6.07) is 33.0. The summed E-state index contributed by atoms with van der Waals surface area (Å²) in [4.78, 5) is 16.9. The van der Waals surface area contributed by atoms with Crippen LogP contribution in [0.15, 0.2) is 95.9 Å². The molecule has 2 heterocycles. The Morgan fingerprint density at radius 3 is 2.43 bits per heavy atom. The van der Waals surface area contributed by atoms with Crippen molar-refractivity contribution in [1.29, 1.82) is 5.26 Å². The monoisotopic (exact) mass is 504 g/mol. The molecule has 4 nitrogen and oxygen atoms in total. The number of amides is 1. The van der Waals surface area contributed by atoms with E-state index in [0.717, 1.165) is 42.7 Å². The van der Waals surface area contributed by atoms with Gasteiger partial charge in [0.1, 0.15) is 11.9 Å². The number of nitrogens with zero attached hydrogens (tertiary/aromatic N) is 2. The third kappa shape index (κ3) is 4.95. The van der Waals surface area contributed by atoms with Gasteiger partial charge in [-0.25, -0.2) is 0 Å². The first-order chi connectivity index (χ1) is 18.2. The molecule has 2 aliphatic rings. The molecule has 0 aromatic heterocycles. The summed E-state index contributed by atoms with van der Waals surface area (Å²) in [5, 5.41) is 11.7. The van der Waals surface area contributed by atoms with Gasteiger partial charge >= 0.3 is 0 Å². The van der Waals surface area contributed by atoms with Gasteiger partial charge in [0, 0.05) is 41.1 Å². The van der Waals surface area contributed by atoms with Crippen molar-refractivity contribution < 1.29 is 9.53 Å². The van der Waals surface area contributed by atoms with Gasteiger partial charge in [0.05, 0.1) is 11.6 Å². The van der Waals surface area contributed by atoms with Gasteiger partial charge in [-0.1, -0.05) is 54.6 Å². The van der Waals surface area contributed by atoms with Crippen LogP contribution in [0.25, 0.3) is 10.8 Å². The molecule has 4 aromatic carbocycles. The van der Waals surface area contributed by atoms with Crippen LogP contribution in [0.3, 0.4) is 0 Å². The molecule has 184 valence electrons. The molecule has 2 fully saturated rings. The number of piperidine rings is 1. The van der Waals surface area contributed by atoms with E-state index in [4.69, 9.17) is 10.00 Å². The lowest BCUT2D eigenvalue weighted by Crippen LogP contribution is -2.49. The Balaban J connectivity index is 1.09. The van der Waals surface area contributed by atoms with Crippen LogP contribution in [-0.4, -0.2) is 29.0 Å². The molecule has 4 aromatic rings. The van der Waals surface area contributed by atoms with Crippen LogP contribution in [0, 0.1) is 11.3 Å². The van der Waals surface area contributed by atoms with Crippen LogP contribution in [0.4, 0.5) is 0 Å². The van der Waals surface area contributed by atoms with Gasteiger partial charge in [-0.05, 0) is 65.6 Å². The number of carbonyl (C=O) groups excluding carboxylic acids is 1. The summed E-state index contributed by atoms with van der Waals surface area (Å²) in [6.07, 6.45) is 3.78. The minimum Gasteiger partial charge on any atom is -0.490 e. The van der Waals surface area contributed by atoms with Gasteiger partial charge in [0.2, 0.25) is 0 Å². The van der Waals surface area contributed by atoms with Gasteiger partial charge in [-0.2, -0.15) is 5.26 Å². The topological polar surface area (TPSA) is 53.3 Å². The Hall–Kier alpha value is -3.75. The summed E-state index contributed by atoms with van der Waals surface area (Å²) < 4.78 is 6.23. The standard InChI is InChI=1S/C32H28N2O2S/c33-20-23-5-3-8-28(17-23)36-29-18-26-15-16-27(19-29)34(26)32(35)25-13-11-22(12-14-25)21-37-31-10-4-7-24-6-1-2-9-30(24)31/h1-14,17,26-27,29H,15-16,18-19,21H2/t26-,27+,29?. The largest absolute Gasteiger partial charge is 0.490 e. The first-order valence-corrected chi connectivity index (χ1v) is 13.9. The number of hydrogen-bond acceptors (Lipinski definition) is 4. The smallest absolute Gasteiger partial charge is 0.254 e. The second-order valence-electron chi connectivity index (χ2n) is 9.91. The number of rotatable bonds is 6. The summed E-state index contributed by atoms with van der Waals surface area (Å²) >= 11 is 1.83. The Kier molecular flexibility index (Phi) is 6.59. The second-order valence-corrected chi connectivity index (χ2v) is 10.9. The maximum atomic E-state index is 13.5. The predicted molar refractivity (Wildman–Crippen MR) is 148 cm³/mol. The Morgan fingerprint density at radius 2 is 1.65 bits per heavy atom. The number of benzene rings is 4. The third-order valence-electron chi connectivity index (χ3n) is 7.54. The molecular weight excluding hydrogens is 476 g/mol. The van der Waals surface area contributed by atoms with Crippen LogP contribution in [0.1, 0.15) is 47.2 Å². The molecule has 5 heteroatoms. The molecule has 2 bridgehead atoms. The molecule has 37 heavy (non-hydrogen) atoms. The fourth-order valence-electron chi connectivity index (χ4n) is 5.76. The van der Waals surface area contributed by atoms with Crippen molar-refractivity contribution in [3.8, 4) is 11.8 Å². The van der Waals surface area contributed by atoms with E-state index >= 15 is 0 Å². The number of nitriles is 1. The minimum atomic E-state index is 0.0731. The molecular formula is C32H28N2O2S. The summed E-state index contributed by atoms with van der Waals surface area (Å²) in [7, 11) is 0. The molecule has 0 spiro atoms. The highest BCUT2D eigenvalue weighted by Gasteiger charge is 2.44. The lowest BCUT2D eigenvalue weighted by atomic mass is 9.98. The lowest BCUT2D eigenvalue weighted by molar-refractivity contribution is 0.0359. The van der Waals surface area contributed by atoms with Gasteiger partial charge in [0.15, 0.2) is 0 Å². The predicted octanol–water partition coefficient (Wildman–Crippen LogP) is 7.22. The van der Waals surface area contributed by atoms with Gasteiger partial charge < -0.3 is 9.64 Å². The first kappa shape index (κ1) is 23.6. The van der Waals surface area contributed by atoms with Crippen LogP contribution in [0.5, 0.6) is 5.75 Å². The summed E-state index contributed by atoms with van der Waals surface area (Å²) in [5.74, 6) is 1.73. The lowest BCUT2D eigenvalue weighted by Gasteiger charge is -2.39. The molecule has 1 amide bonds. The molecule has 0 N–H and O–H groups in total. The van der Waals surface area contributed by atoms with E-state index < -0.39 is 0 Å². The highest BCUT2D eigenvalue weighted by Crippen LogP contribution is 2.38. The van der Waals surface area contributed by atoms with Crippen molar-refractivity contribution in [2.24, 2.45) is 0 Å². The van der Waals surface area contributed by atoms with E-state index in [1.54, 1.807) is 12.1 Å². The van der Waals surface area contributed by atoms with Gasteiger partial charge in [-0.15, -0.1) is 11.8 Å². The Morgan fingerprint density at radius 1 is 0.919 bits per heavy atom. The number of fused-ring (bicyclic) bond motifs is 3. The van der Waals surface area contributed by atoms with Crippen LogP contribution in [-0.2, 0) is 5.75 Å². The SMILES string of the molecule is N#Cc1cccc(OC2C[C@H]3CC[C@@H](C2)N3C(=O)c2ccc(CSc3cccc4ccccc34)cc2)c1. The molecule has 0 saturated carbocycles. The van der Waals surface area contributed by atoms with Crippen molar-refractivity contribution >= 4 is 28.4 Å². The maximum Gasteiger partial charge on any atom is 0.254 e. The molecule has 2 aliphatic heterocycles. The molecule has 0 aliphatic carbocycles. The fraction of sp³-hybridized carbons (Fsp3) is 0.250. The third-order valence-corrected chi connectivity index (χ3v) is 8.68. The molecule has 3 atom stereocenters. The molecule has 2 saturated heterocycles. The first-order valence-electron chi connectivity index (χ1n) is 12.9. The zero-order valence-electron chi connectivity index (χ0n) is 20.5. The average molecular weight is 505 g/mol. The quantitative estimate of drug-likeness (QED) is 0.260. The van der Waals surface area contributed by atoms with Gasteiger partial charge in [0.25, 0.3) is 5.91 Å².